The highest BCUT2D eigenvalue weighted by Gasteiger charge is 2.23. The minimum Gasteiger partial charge on any atom is -0.497 e. The normalized spacial score (nSPS) is 11.3. The molecule has 0 saturated carbocycles. The maximum Gasteiger partial charge on any atom is 0.161 e. The Balaban J connectivity index is 2.09. The second kappa shape index (κ2) is 9.31. The molecule has 0 atom stereocenters. The van der Waals surface area contributed by atoms with Crippen LogP contribution in [0.3, 0.4) is 0 Å². The van der Waals surface area contributed by atoms with Crippen LogP contribution >= 0.6 is 11.6 Å². The van der Waals surface area contributed by atoms with Crippen molar-refractivity contribution in [3.05, 3.63) is 28.4 Å². The van der Waals surface area contributed by atoms with E-state index in [4.69, 9.17) is 26.1 Å². The first-order chi connectivity index (χ1) is 14.0. The Bertz CT molecular complexity index is 983. The van der Waals surface area contributed by atoms with E-state index in [0.29, 0.717) is 39.5 Å². The summed E-state index contributed by atoms with van der Waals surface area (Å²) in [6.07, 6.45) is 4.43. The maximum absolute atomic E-state index is 6.48. The van der Waals surface area contributed by atoms with Crippen molar-refractivity contribution in [3.63, 3.8) is 0 Å². The predicted octanol–water partition coefficient (Wildman–Crippen LogP) is 5.76. The number of aromatic nitrogens is 4. The predicted molar refractivity (Wildman–Crippen MR) is 117 cm³/mol. The van der Waals surface area contributed by atoms with Crippen molar-refractivity contribution in [1.82, 2.24) is 20.4 Å². The highest BCUT2D eigenvalue weighted by Crippen LogP contribution is 2.40. The first kappa shape index (κ1) is 21.2. The van der Waals surface area contributed by atoms with E-state index in [9.17, 15) is 0 Å². The summed E-state index contributed by atoms with van der Waals surface area (Å²) < 4.78 is 10.8. The fraction of sp³-hybridized carbons (Fsp3) is 0.476. The highest BCUT2D eigenvalue weighted by atomic mass is 35.5. The average molecular weight is 418 g/mol. The molecule has 2 aromatic heterocycles. The van der Waals surface area contributed by atoms with Gasteiger partial charge < -0.3 is 14.8 Å². The van der Waals surface area contributed by atoms with Crippen LogP contribution in [0.15, 0.2) is 12.1 Å². The van der Waals surface area contributed by atoms with Gasteiger partial charge in [-0.3, -0.25) is 0 Å². The van der Waals surface area contributed by atoms with E-state index in [0.717, 1.165) is 36.9 Å². The molecule has 0 radical (unpaired) electrons. The summed E-state index contributed by atoms with van der Waals surface area (Å²) in [5, 5.41) is 15.4. The smallest absolute Gasteiger partial charge is 0.161 e. The second-order valence-electron chi connectivity index (χ2n) is 7.07. The lowest BCUT2D eigenvalue weighted by Crippen LogP contribution is -2.07. The number of fused-ring (bicyclic) bond motifs is 1. The van der Waals surface area contributed by atoms with E-state index in [1.807, 2.05) is 6.92 Å². The molecule has 1 aromatic carbocycles. The van der Waals surface area contributed by atoms with Crippen molar-refractivity contribution in [1.29, 1.82) is 0 Å². The van der Waals surface area contributed by atoms with E-state index >= 15 is 0 Å². The Kier molecular flexibility index (Phi) is 6.79. The molecule has 2 heterocycles. The zero-order valence-electron chi connectivity index (χ0n) is 17.6. The summed E-state index contributed by atoms with van der Waals surface area (Å²) in [5.41, 5.74) is 4.28. The van der Waals surface area contributed by atoms with Gasteiger partial charge in [-0.25, -0.2) is 4.98 Å². The molecule has 0 saturated heterocycles. The summed E-state index contributed by atoms with van der Waals surface area (Å²) in [4.78, 5) is 4.83. The van der Waals surface area contributed by atoms with Crippen LogP contribution in [0.5, 0.6) is 11.5 Å². The molecule has 29 heavy (non-hydrogen) atoms. The lowest BCUT2D eigenvalue weighted by Gasteiger charge is -2.20. The molecule has 0 fully saturated rings. The van der Waals surface area contributed by atoms with Crippen LogP contribution in [0, 0.1) is 6.92 Å². The van der Waals surface area contributed by atoms with Gasteiger partial charge in [0.2, 0.25) is 0 Å². The van der Waals surface area contributed by atoms with Crippen LogP contribution in [-0.2, 0) is 0 Å². The summed E-state index contributed by atoms with van der Waals surface area (Å²) >= 11 is 6.48. The van der Waals surface area contributed by atoms with Crippen molar-refractivity contribution >= 4 is 34.1 Å². The van der Waals surface area contributed by atoms with Crippen LogP contribution in [0.4, 0.5) is 11.5 Å². The maximum atomic E-state index is 6.48. The van der Waals surface area contributed by atoms with Gasteiger partial charge in [-0.2, -0.15) is 15.4 Å². The highest BCUT2D eigenvalue weighted by molar-refractivity contribution is 6.34. The fourth-order valence-electron chi connectivity index (χ4n) is 3.82. The first-order valence-corrected chi connectivity index (χ1v) is 10.3. The molecule has 2 N–H and O–H groups in total. The SMILES string of the molecule is CCCC(CCC)c1c(C)nc(Nc2c(Cl)cc(OC)cc2OC)c2n[nH]nc12. The molecule has 0 aliphatic rings. The number of hydrogen-bond acceptors (Lipinski definition) is 6. The minimum absolute atomic E-state index is 0.415. The van der Waals surface area contributed by atoms with Crippen LogP contribution < -0.4 is 14.8 Å². The van der Waals surface area contributed by atoms with Crippen molar-refractivity contribution in [2.24, 2.45) is 0 Å². The summed E-state index contributed by atoms with van der Waals surface area (Å²) in [6, 6.07) is 3.50. The molecule has 8 heteroatoms. The molecule has 156 valence electrons. The average Bonchev–Trinajstić information content (AvgIpc) is 3.19. The van der Waals surface area contributed by atoms with Gasteiger partial charge in [-0.1, -0.05) is 38.3 Å². The molecular weight excluding hydrogens is 390 g/mol. The second-order valence-corrected chi connectivity index (χ2v) is 7.47. The van der Waals surface area contributed by atoms with Crippen molar-refractivity contribution in [3.8, 4) is 11.5 Å². The van der Waals surface area contributed by atoms with Crippen LogP contribution in [0.25, 0.3) is 11.0 Å². The number of anilines is 2. The van der Waals surface area contributed by atoms with Crippen molar-refractivity contribution in [2.75, 3.05) is 19.5 Å². The number of halogens is 1. The topological polar surface area (TPSA) is 85.0 Å². The summed E-state index contributed by atoms with van der Waals surface area (Å²) in [6.45, 7) is 6.44. The Hall–Kier alpha value is -2.54. The Morgan fingerprint density at radius 3 is 2.38 bits per heavy atom. The van der Waals surface area contributed by atoms with Crippen LogP contribution in [0.1, 0.15) is 56.7 Å². The quantitative estimate of drug-likeness (QED) is 0.460. The number of aromatic amines is 1. The monoisotopic (exact) mass is 417 g/mol. The number of benzene rings is 1. The zero-order chi connectivity index (χ0) is 21.0. The van der Waals surface area contributed by atoms with Gasteiger partial charge in [0.05, 0.1) is 19.2 Å². The van der Waals surface area contributed by atoms with Gasteiger partial charge in [0.15, 0.2) is 11.3 Å². The van der Waals surface area contributed by atoms with Gasteiger partial charge in [0.1, 0.15) is 22.7 Å². The molecule has 0 spiro atoms. The van der Waals surface area contributed by atoms with Crippen LogP contribution in [0.2, 0.25) is 5.02 Å². The summed E-state index contributed by atoms with van der Waals surface area (Å²) in [7, 11) is 3.17. The standard InChI is InChI=1S/C21H28ClN5O2/c1-6-8-13(9-7-2)17-12(3)23-21(20-19(17)25-27-26-20)24-18-15(22)10-14(28-4)11-16(18)29-5/h10-11,13H,6-9H2,1-5H3,(H,23,24)(H,25,26,27). The van der Waals surface area contributed by atoms with Gasteiger partial charge in [0, 0.05) is 23.4 Å². The molecule has 0 bridgehead atoms. The summed E-state index contributed by atoms with van der Waals surface area (Å²) in [5.74, 6) is 2.18. The van der Waals surface area contributed by atoms with E-state index in [2.05, 4.69) is 34.6 Å². The number of methoxy groups -OCH3 is 2. The third kappa shape index (κ3) is 4.24. The lowest BCUT2D eigenvalue weighted by atomic mass is 9.88. The number of nitrogens with one attached hydrogen (secondary N) is 2. The first-order valence-electron chi connectivity index (χ1n) is 9.93. The molecule has 0 aliphatic heterocycles. The lowest BCUT2D eigenvalue weighted by molar-refractivity contribution is 0.395. The van der Waals surface area contributed by atoms with Crippen molar-refractivity contribution in [2.45, 2.75) is 52.4 Å². The Morgan fingerprint density at radius 2 is 1.76 bits per heavy atom. The number of nitrogens with zero attached hydrogens (tertiary/aromatic N) is 3. The van der Waals surface area contributed by atoms with Crippen molar-refractivity contribution < 1.29 is 9.47 Å². The third-order valence-electron chi connectivity index (χ3n) is 5.11. The van der Waals surface area contributed by atoms with E-state index in [-0.39, 0.29) is 0 Å². The third-order valence-corrected chi connectivity index (χ3v) is 5.40. The fourth-order valence-corrected chi connectivity index (χ4v) is 4.07. The van der Waals surface area contributed by atoms with E-state index in [1.54, 1.807) is 26.4 Å². The molecule has 0 amide bonds. The minimum atomic E-state index is 0.415. The largest absolute Gasteiger partial charge is 0.497 e. The molecular formula is C21H28ClN5O2. The van der Waals surface area contributed by atoms with Gasteiger partial charge >= 0.3 is 0 Å². The number of rotatable bonds is 9. The number of pyridine rings is 1. The molecule has 0 unspecified atom stereocenters. The van der Waals surface area contributed by atoms with E-state index < -0.39 is 0 Å². The number of ether oxygens (including phenoxy) is 2. The van der Waals surface area contributed by atoms with Gasteiger partial charge in [-0.15, -0.1) is 0 Å². The van der Waals surface area contributed by atoms with E-state index in [1.165, 1.54) is 5.56 Å². The number of aryl methyl sites for hydroxylation is 1. The molecule has 3 rings (SSSR count). The Morgan fingerprint density at radius 1 is 1.07 bits per heavy atom. The number of hydrogen-bond donors (Lipinski definition) is 2. The molecule has 0 aliphatic carbocycles. The van der Waals surface area contributed by atoms with Gasteiger partial charge in [-0.05, 0) is 25.7 Å². The Labute approximate surface area is 176 Å². The van der Waals surface area contributed by atoms with Gasteiger partial charge in [0.25, 0.3) is 0 Å². The number of H-pyrrole nitrogens is 1. The van der Waals surface area contributed by atoms with Crippen LogP contribution in [-0.4, -0.2) is 34.6 Å². The molecule has 7 nitrogen and oxygen atoms in total. The molecule has 3 aromatic rings. The zero-order valence-corrected chi connectivity index (χ0v) is 18.4.